The van der Waals surface area contributed by atoms with Crippen molar-refractivity contribution in [3.05, 3.63) is 48.2 Å². The van der Waals surface area contributed by atoms with Crippen molar-refractivity contribution in [3.63, 3.8) is 0 Å². The summed E-state index contributed by atoms with van der Waals surface area (Å²) in [6, 6.07) is 7.87. The fourth-order valence-corrected chi connectivity index (χ4v) is 3.79. The number of H-pyrrole nitrogens is 1. The van der Waals surface area contributed by atoms with Gasteiger partial charge in [-0.25, -0.2) is 19.3 Å². The van der Waals surface area contributed by atoms with Crippen molar-refractivity contribution in [1.29, 1.82) is 0 Å². The van der Waals surface area contributed by atoms with Crippen molar-refractivity contribution in [2.24, 2.45) is 5.41 Å². The average molecular weight is 472 g/mol. The van der Waals surface area contributed by atoms with Crippen molar-refractivity contribution in [3.8, 4) is 22.6 Å². The molecule has 33 heavy (non-hydrogen) atoms. The van der Waals surface area contributed by atoms with Crippen LogP contribution in [0.1, 0.15) is 32.4 Å². The molecule has 174 valence electrons. The second-order valence-corrected chi connectivity index (χ2v) is 8.83. The Bertz CT molecular complexity index is 1110. The maximum atomic E-state index is 13.5. The van der Waals surface area contributed by atoms with Crippen LogP contribution in [0, 0.1) is 11.2 Å². The Morgan fingerprint density at radius 1 is 1.24 bits per heavy atom. The number of amides is 1. The Morgan fingerprint density at radius 2 is 1.97 bits per heavy atom. The van der Waals surface area contributed by atoms with Crippen LogP contribution < -0.4 is 5.32 Å². The van der Waals surface area contributed by atoms with E-state index in [-0.39, 0.29) is 24.9 Å². The van der Waals surface area contributed by atoms with Gasteiger partial charge in [-0.05, 0) is 49.9 Å². The van der Waals surface area contributed by atoms with Crippen LogP contribution in [0.4, 0.5) is 4.39 Å². The summed E-state index contributed by atoms with van der Waals surface area (Å²) in [6.07, 6.45) is 3.66. The number of rotatable bonds is 7. The van der Waals surface area contributed by atoms with Gasteiger partial charge in [-0.1, -0.05) is 18.7 Å². The summed E-state index contributed by atoms with van der Waals surface area (Å²) in [5, 5.41) is 3.52. The van der Waals surface area contributed by atoms with Crippen molar-refractivity contribution < 1.29 is 18.7 Å². The van der Waals surface area contributed by atoms with Gasteiger partial charge in [-0.15, -0.1) is 0 Å². The highest BCUT2D eigenvalue weighted by atomic mass is 32.2. The zero-order chi connectivity index (χ0) is 23.4. The van der Waals surface area contributed by atoms with E-state index in [0.29, 0.717) is 34.6 Å². The SMILES string of the molecule is CCCNC(=O)C1(C)COC(c2nc(-c3ccc(F)cc3)c(-c3ccnc(SC)n3)[nH]2)OC1. The molecule has 1 aliphatic heterocycles. The largest absolute Gasteiger partial charge is 0.355 e. The maximum Gasteiger partial charge on any atom is 0.230 e. The number of benzene rings is 1. The Morgan fingerprint density at radius 3 is 2.64 bits per heavy atom. The van der Waals surface area contributed by atoms with Gasteiger partial charge in [-0.2, -0.15) is 0 Å². The third-order valence-corrected chi connectivity index (χ3v) is 5.89. The van der Waals surface area contributed by atoms with E-state index >= 15 is 0 Å². The number of halogens is 1. The first-order chi connectivity index (χ1) is 15.9. The minimum absolute atomic E-state index is 0.0967. The van der Waals surface area contributed by atoms with Crippen molar-refractivity contribution in [2.75, 3.05) is 26.0 Å². The number of aromatic nitrogens is 4. The summed E-state index contributed by atoms with van der Waals surface area (Å²) >= 11 is 1.43. The number of thioether (sulfide) groups is 1. The molecule has 10 heteroatoms. The fraction of sp³-hybridized carbons (Fsp3) is 0.391. The van der Waals surface area contributed by atoms with E-state index in [1.807, 2.05) is 20.1 Å². The van der Waals surface area contributed by atoms with Crippen LogP contribution in [0.2, 0.25) is 0 Å². The van der Waals surface area contributed by atoms with Crippen LogP contribution in [0.5, 0.6) is 0 Å². The molecule has 3 heterocycles. The molecule has 2 aromatic heterocycles. The predicted molar refractivity (Wildman–Crippen MR) is 123 cm³/mol. The third kappa shape index (κ3) is 5.07. The van der Waals surface area contributed by atoms with Gasteiger partial charge in [0.05, 0.1) is 35.7 Å². The van der Waals surface area contributed by atoms with Crippen molar-refractivity contribution in [2.45, 2.75) is 31.7 Å². The standard InChI is InChI=1S/C23H26FN5O3S/c1-4-10-25-21(30)23(2)12-31-20(32-13-23)19-28-17(14-5-7-15(24)8-6-14)18(29-19)16-9-11-26-22(27-16)33-3/h5-9,11,20H,4,10,12-13H2,1-3H3,(H,25,30)(H,28,29). The van der Waals surface area contributed by atoms with Crippen LogP contribution in [0.15, 0.2) is 41.7 Å². The molecule has 0 atom stereocenters. The Kier molecular flexibility index (Phi) is 7.06. The normalized spacial score (nSPS) is 20.5. The van der Waals surface area contributed by atoms with Gasteiger partial charge in [-0.3, -0.25) is 4.79 Å². The Hall–Kier alpha value is -2.82. The van der Waals surface area contributed by atoms with Gasteiger partial charge in [0.2, 0.25) is 12.2 Å². The lowest BCUT2D eigenvalue weighted by molar-refractivity contribution is -0.231. The number of carbonyl (C=O) groups is 1. The highest BCUT2D eigenvalue weighted by molar-refractivity contribution is 7.98. The lowest BCUT2D eigenvalue weighted by Gasteiger charge is -2.35. The van der Waals surface area contributed by atoms with Gasteiger partial charge in [0, 0.05) is 18.3 Å². The number of aromatic amines is 1. The quantitative estimate of drug-likeness (QED) is 0.397. The zero-order valence-electron chi connectivity index (χ0n) is 18.7. The lowest BCUT2D eigenvalue weighted by atomic mass is 9.91. The Labute approximate surface area is 195 Å². The predicted octanol–water partition coefficient (Wildman–Crippen LogP) is 3.97. The number of imidazole rings is 1. The van der Waals surface area contributed by atoms with Crippen molar-refractivity contribution in [1.82, 2.24) is 25.3 Å². The molecule has 1 aromatic carbocycles. The Balaban J connectivity index is 1.63. The van der Waals surface area contributed by atoms with Gasteiger partial charge in [0.15, 0.2) is 11.0 Å². The molecule has 2 N–H and O–H groups in total. The third-order valence-electron chi connectivity index (χ3n) is 5.33. The van der Waals surface area contributed by atoms with Gasteiger partial charge >= 0.3 is 0 Å². The molecule has 0 aliphatic carbocycles. The van der Waals surface area contributed by atoms with E-state index in [1.165, 1.54) is 23.9 Å². The molecule has 0 saturated carbocycles. The van der Waals surface area contributed by atoms with Crippen molar-refractivity contribution >= 4 is 17.7 Å². The molecular formula is C23H26FN5O3S. The van der Waals surface area contributed by atoms with E-state index in [4.69, 9.17) is 14.5 Å². The molecule has 0 spiro atoms. The van der Waals surface area contributed by atoms with E-state index in [1.54, 1.807) is 24.4 Å². The van der Waals surface area contributed by atoms with Gasteiger partial charge < -0.3 is 19.8 Å². The van der Waals surface area contributed by atoms with E-state index in [0.717, 1.165) is 12.0 Å². The average Bonchev–Trinajstić information content (AvgIpc) is 3.29. The van der Waals surface area contributed by atoms with Crippen LogP contribution in [-0.2, 0) is 14.3 Å². The second-order valence-electron chi connectivity index (χ2n) is 8.05. The molecule has 8 nitrogen and oxygen atoms in total. The molecule has 1 saturated heterocycles. The summed E-state index contributed by atoms with van der Waals surface area (Å²) < 4.78 is 25.3. The maximum absolute atomic E-state index is 13.5. The van der Waals surface area contributed by atoms with Gasteiger partial charge in [0.1, 0.15) is 5.82 Å². The topological polar surface area (TPSA) is 102 Å². The molecule has 3 aromatic rings. The first-order valence-corrected chi connectivity index (χ1v) is 11.9. The number of nitrogens with zero attached hydrogens (tertiary/aromatic N) is 3. The summed E-state index contributed by atoms with van der Waals surface area (Å²) in [4.78, 5) is 29.3. The minimum Gasteiger partial charge on any atom is -0.355 e. The van der Waals surface area contributed by atoms with Gasteiger partial charge in [0.25, 0.3) is 0 Å². The monoisotopic (exact) mass is 471 g/mol. The summed E-state index contributed by atoms with van der Waals surface area (Å²) in [5.74, 6) is 0.0208. The first-order valence-electron chi connectivity index (χ1n) is 10.7. The minimum atomic E-state index is -0.777. The molecule has 0 bridgehead atoms. The highest BCUT2D eigenvalue weighted by Crippen LogP contribution is 2.35. The highest BCUT2D eigenvalue weighted by Gasteiger charge is 2.40. The number of hydrogen-bond donors (Lipinski definition) is 2. The molecular weight excluding hydrogens is 445 g/mol. The number of ether oxygens (including phenoxy) is 2. The van der Waals surface area contributed by atoms with Crippen LogP contribution in [0.3, 0.4) is 0 Å². The van der Waals surface area contributed by atoms with Crippen LogP contribution in [0.25, 0.3) is 22.6 Å². The fourth-order valence-electron chi connectivity index (χ4n) is 3.43. The summed E-state index contributed by atoms with van der Waals surface area (Å²) in [7, 11) is 0. The second kappa shape index (κ2) is 9.98. The summed E-state index contributed by atoms with van der Waals surface area (Å²) in [6.45, 7) is 4.81. The lowest BCUT2D eigenvalue weighted by Crippen LogP contribution is -2.48. The van der Waals surface area contributed by atoms with E-state index < -0.39 is 11.7 Å². The first kappa shape index (κ1) is 23.3. The molecule has 0 unspecified atom stereocenters. The number of carbonyl (C=O) groups excluding carboxylic acids is 1. The number of nitrogens with one attached hydrogen (secondary N) is 2. The van der Waals surface area contributed by atoms with E-state index in [9.17, 15) is 9.18 Å². The molecule has 1 amide bonds. The molecule has 4 rings (SSSR count). The number of hydrogen-bond acceptors (Lipinski definition) is 7. The van der Waals surface area contributed by atoms with Crippen LogP contribution in [-0.4, -0.2) is 51.9 Å². The molecule has 1 fully saturated rings. The van der Waals surface area contributed by atoms with Crippen LogP contribution >= 0.6 is 11.8 Å². The zero-order valence-corrected chi connectivity index (χ0v) is 19.5. The smallest absolute Gasteiger partial charge is 0.230 e. The summed E-state index contributed by atoms with van der Waals surface area (Å²) in [5.41, 5.74) is 1.83. The molecule has 0 radical (unpaired) electrons. The van der Waals surface area contributed by atoms with E-state index in [2.05, 4.69) is 20.3 Å². The molecule has 1 aliphatic rings.